The maximum absolute atomic E-state index is 12.8. The number of amides is 1. The van der Waals surface area contributed by atoms with E-state index in [1.54, 1.807) is 0 Å². The molecule has 1 saturated carbocycles. The van der Waals surface area contributed by atoms with Gasteiger partial charge in [-0.2, -0.15) is 13.2 Å². The summed E-state index contributed by atoms with van der Waals surface area (Å²) in [4.78, 5) is 12.4. The molecule has 1 fully saturated rings. The molecule has 0 unspecified atom stereocenters. The summed E-state index contributed by atoms with van der Waals surface area (Å²) < 4.78 is 38.5. The zero-order chi connectivity index (χ0) is 19.4. The predicted molar refractivity (Wildman–Crippen MR) is 96.0 cm³/mol. The number of carbonyl (C=O) groups is 1. The minimum absolute atomic E-state index is 0.107. The number of hydrogen-bond acceptors (Lipinski definition) is 2. The van der Waals surface area contributed by atoms with E-state index in [4.69, 9.17) is 0 Å². The van der Waals surface area contributed by atoms with Crippen LogP contribution in [0.1, 0.15) is 29.5 Å². The third kappa shape index (κ3) is 5.32. The fourth-order valence-electron chi connectivity index (χ4n) is 3.46. The largest absolute Gasteiger partial charge is 0.416 e. The van der Waals surface area contributed by atoms with Crippen molar-refractivity contribution >= 4 is 5.91 Å². The molecule has 0 aromatic heterocycles. The standard InChI is InChI=1S/C21H22F3NO2/c22-21(23,24)17-8-4-7-15(9-17)11-20(27)25-19(16-12-18(26)13-16)10-14-5-2-1-3-6-14/h1-9,16,18-19,26H,10-13H2,(H,25,27)/t16?,18?,19-/m0/s1. The summed E-state index contributed by atoms with van der Waals surface area (Å²) in [5, 5.41) is 12.6. The summed E-state index contributed by atoms with van der Waals surface area (Å²) >= 11 is 0. The lowest BCUT2D eigenvalue weighted by Gasteiger charge is -2.38. The maximum Gasteiger partial charge on any atom is 0.416 e. The van der Waals surface area contributed by atoms with Crippen molar-refractivity contribution in [2.75, 3.05) is 0 Å². The fourth-order valence-corrected chi connectivity index (χ4v) is 3.46. The number of hydrogen-bond donors (Lipinski definition) is 2. The van der Waals surface area contributed by atoms with Crippen LogP contribution in [0.3, 0.4) is 0 Å². The number of aliphatic hydroxyl groups is 1. The zero-order valence-electron chi connectivity index (χ0n) is 14.7. The third-order valence-corrected chi connectivity index (χ3v) is 4.98. The molecule has 144 valence electrons. The Morgan fingerprint density at radius 1 is 1.07 bits per heavy atom. The molecule has 2 aromatic carbocycles. The van der Waals surface area contributed by atoms with Gasteiger partial charge < -0.3 is 10.4 Å². The van der Waals surface area contributed by atoms with E-state index >= 15 is 0 Å². The topological polar surface area (TPSA) is 49.3 Å². The second-order valence-electron chi connectivity index (χ2n) is 7.12. The Hall–Kier alpha value is -2.34. The van der Waals surface area contributed by atoms with E-state index in [2.05, 4.69) is 5.32 Å². The first-order valence-electron chi connectivity index (χ1n) is 8.99. The molecule has 1 atom stereocenters. The second kappa shape index (κ2) is 8.13. The first-order valence-corrected chi connectivity index (χ1v) is 8.99. The lowest BCUT2D eigenvalue weighted by molar-refractivity contribution is -0.137. The molecular formula is C21H22F3NO2. The molecule has 0 radical (unpaired) electrons. The van der Waals surface area contributed by atoms with E-state index < -0.39 is 11.7 Å². The van der Waals surface area contributed by atoms with Crippen LogP contribution in [0.15, 0.2) is 54.6 Å². The van der Waals surface area contributed by atoms with Crippen LogP contribution in [-0.2, 0) is 23.8 Å². The van der Waals surface area contributed by atoms with E-state index in [-0.39, 0.29) is 30.4 Å². The SMILES string of the molecule is O=C(Cc1cccc(C(F)(F)F)c1)N[C@@H](Cc1ccccc1)C1CC(O)C1. The highest BCUT2D eigenvalue weighted by atomic mass is 19.4. The Morgan fingerprint density at radius 3 is 2.37 bits per heavy atom. The number of carbonyl (C=O) groups excluding carboxylic acids is 1. The summed E-state index contributed by atoms with van der Waals surface area (Å²) in [5.41, 5.74) is 0.647. The molecule has 0 spiro atoms. The minimum atomic E-state index is -4.43. The van der Waals surface area contributed by atoms with Crippen LogP contribution in [0, 0.1) is 5.92 Å². The van der Waals surface area contributed by atoms with E-state index in [1.807, 2.05) is 30.3 Å². The van der Waals surface area contributed by atoms with Crippen LogP contribution in [0.25, 0.3) is 0 Å². The van der Waals surface area contributed by atoms with Gasteiger partial charge in [0.15, 0.2) is 0 Å². The second-order valence-corrected chi connectivity index (χ2v) is 7.12. The minimum Gasteiger partial charge on any atom is -0.393 e. The number of benzene rings is 2. The summed E-state index contributed by atoms with van der Waals surface area (Å²) in [6.45, 7) is 0. The predicted octanol–water partition coefficient (Wildman–Crippen LogP) is 3.75. The summed E-state index contributed by atoms with van der Waals surface area (Å²) in [6.07, 6.45) is -2.99. The molecule has 1 amide bonds. The van der Waals surface area contributed by atoms with Crippen molar-refractivity contribution in [3.63, 3.8) is 0 Å². The van der Waals surface area contributed by atoms with Crippen molar-refractivity contribution in [2.24, 2.45) is 5.92 Å². The van der Waals surface area contributed by atoms with Crippen molar-refractivity contribution < 1.29 is 23.1 Å². The quantitative estimate of drug-likeness (QED) is 0.806. The van der Waals surface area contributed by atoms with Crippen LogP contribution in [0.4, 0.5) is 13.2 Å². The highest BCUT2D eigenvalue weighted by molar-refractivity contribution is 5.79. The Labute approximate surface area is 156 Å². The Morgan fingerprint density at radius 2 is 1.74 bits per heavy atom. The summed E-state index contributed by atoms with van der Waals surface area (Å²) in [5.74, 6) is -0.137. The average molecular weight is 377 g/mol. The van der Waals surface area contributed by atoms with Crippen LogP contribution >= 0.6 is 0 Å². The van der Waals surface area contributed by atoms with E-state index in [1.165, 1.54) is 12.1 Å². The van der Waals surface area contributed by atoms with Gasteiger partial charge in [-0.3, -0.25) is 4.79 Å². The summed E-state index contributed by atoms with van der Waals surface area (Å²) in [7, 11) is 0. The molecule has 1 aliphatic carbocycles. The molecule has 0 heterocycles. The third-order valence-electron chi connectivity index (χ3n) is 4.98. The van der Waals surface area contributed by atoms with Gasteiger partial charge in [0.25, 0.3) is 0 Å². The molecular weight excluding hydrogens is 355 g/mol. The van der Waals surface area contributed by atoms with Crippen molar-refractivity contribution in [3.05, 3.63) is 71.3 Å². The van der Waals surface area contributed by atoms with E-state index in [9.17, 15) is 23.1 Å². The Kier molecular flexibility index (Phi) is 5.85. The van der Waals surface area contributed by atoms with Crippen LogP contribution < -0.4 is 5.32 Å². The molecule has 3 rings (SSSR count). The first kappa shape index (κ1) is 19.4. The van der Waals surface area contributed by atoms with Crippen molar-refractivity contribution in [2.45, 2.75) is 44.0 Å². The normalized spacial score (nSPS) is 20.6. The lowest BCUT2D eigenvalue weighted by atomic mass is 9.75. The van der Waals surface area contributed by atoms with Gasteiger partial charge in [0.2, 0.25) is 5.91 Å². The average Bonchev–Trinajstić information content (AvgIpc) is 2.59. The Balaban J connectivity index is 1.65. The monoisotopic (exact) mass is 377 g/mol. The number of nitrogens with one attached hydrogen (secondary N) is 1. The molecule has 2 aromatic rings. The Bertz CT molecular complexity index is 770. The first-order chi connectivity index (χ1) is 12.8. The van der Waals surface area contributed by atoms with Gasteiger partial charge in [0.05, 0.1) is 18.1 Å². The van der Waals surface area contributed by atoms with Crippen LogP contribution in [-0.4, -0.2) is 23.2 Å². The van der Waals surface area contributed by atoms with Crippen LogP contribution in [0.2, 0.25) is 0 Å². The summed E-state index contributed by atoms with van der Waals surface area (Å²) in [6, 6.07) is 14.4. The molecule has 3 nitrogen and oxygen atoms in total. The smallest absolute Gasteiger partial charge is 0.393 e. The van der Waals surface area contributed by atoms with Crippen LogP contribution in [0.5, 0.6) is 0 Å². The molecule has 6 heteroatoms. The van der Waals surface area contributed by atoms with Crippen molar-refractivity contribution in [3.8, 4) is 0 Å². The highest BCUT2D eigenvalue weighted by Gasteiger charge is 2.35. The molecule has 2 N–H and O–H groups in total. The van der Waals surface area contributed by atoms with Gasteiger partial charge in [-0.1, -0.05) is 48.5 Å². The van der Waals surface area contributed by atoms with Crippen molar-refractivity contribution in [1.29, 1.82) is 0 Å². The highest BCUT2D eigenvalue weighted by Crippen LogP contribution is 2.32. The molecule has 0 aliphatic heterocycles. The maximum atomic E-state index is 12.8. The molecule has 0 bridgehead atoms. The number of alkyl halides is 3. The van der Waals surface area contributed by atoms with Gasteiger partial charge in [-0.05, 0) is 42.4 Å². The number of halogens is 3. The van der Waals surface area contributed by atoms with E-state index in [0.29, 0.717) is 24.8 Å². The van der Waals surface area contributed by atoms with Gasteiger partial charge in [-0.15, -0.1) is 0 Å². The van der Waals surface area contributed by atoms with E-state index in [0.717, 1.165) is 17.7 Å². The zero-order valence-corrected chi connectivity index (χ0v) is 14.7. The van der Waals surface area contributed by atoms with Crippen molar-refractivity contribution in [1.82, 2.24) is 5.32 Å². The van der Waals surface area contributed by atoms with Gasteiger partial charge in [-0.25, -0.2) is 0 Å². The van der Waals surface area contributed by atoms with Gasteiger partial charge in [0.1, 0.15) is 0 Å². The molecule has 0 saturated heterocycles. The number of rotatable bonds is 6. The van der Waals surface area contributed by atoms with Gasteiger partial charge >= 0.3 is 6.18 Å². The number of aliphatic hydroxyl groups excluding tert-OH is 1. The van der Waals surface area contributed by atoms with Gasteiger partial charge in [0, 0.05) is 6.04 Å². The lowest BCUT2D eigenvalue weighted by Crippen LogP contribution is -2.48. The molecule has 27 heavy (non-hydrogen) atoms. The molecule has 1 aliphatic rings. The fraction of sp³-hybridized carbons (Fsp3) is 0.381.